The first kappa shape index (κ1) is 23.3. The van der Waals surface area contributed by atoms with E-state index < -0.39 is 0 Å². The summed E-state index contributed by atoms with van der Waals surface area (Å²) < 4.78 is 11.4. The number of aromatic nitrogens is 2. The van der Waals surface area contributed by atoms with E-state index in [1.807, 2.05) is 0 Å². The molecule has 1 aliphatic heterocycles. The molecule has 7 nitrogen and oxygen atoms in total. The third-order valence-electron chi connectivity index (χ3n) is 7.81. The van der Waals surface area contributed by atoms with E-state index in [9.17, 15) is 4.79 Å². The van der Waals surface area contributed by atoms with Crippen LogP contribution in [0.2, 0.25) is 0 Å². The van der Waals surface area contributed by atoms with Gasteiger partial charge in [0.15, 0.2) is 5.89 Å². The van der Waals surface area contributed by atoms with Crippen LogP contribution in [0, 0.1) is 12.8 Å². The van der Waals surface area contributed by atoms with Crippen molar-refractivity contribution in [2.45, 2.75) is 89.7 Å². The molecule has 0 unspecified atom stereocenters. The van der Waals surface area contributed by atoms with Crippen LogP contribution in [0.4, 0.5) is 0 Å². The van der Waals surface area contributed by atoms with E-state index >= 15 is 0 Å². The lowest BCUT2D eigenvalue weighted by Gasteiger charge is -2.30. The summed E-state index contributed by atoms with van der Waals surface area (Å²) in [6.07, 6.45) is 13.8. The smallest absolute Gasteiger partial charge is 0.227 e. The van der Waals surface area contributed by atoms with Gasteiger partial charge in [-0.2, -0.15) is 0 Å². The number of carbonyl (C=O) groups is 1. The highest BCUT2D eigenvalue weighted by Gasteiger charge is 2.24. The van der Waals surface area contributed by atoms with Gasteiger partial charge in [-0.1, -0.05) is 6.07 Å². The molecule has 0 spiro atoms. The van der Waals surface area contributed by atoms with E-state index in [1.54, 1.807) is 13.1 Å². The van der Waals surface area contributed by atoms with Crippen LogP contribution in [-0.4, -0.2) is 52.6 Å². The monoisotopic (exact) mass is 466 g/mol. The average molecular weight is 467 g/mol. The summed E-state index contributed by atoms with van der Waals surface area (Å²) >= 11 is 0. The first-order chi connectivity index (χ1) is 16.6. The number of nitrogens with zero attached hydrogens (tertiary/aromatic N) is 3. The lowest BCUT2D eigenvalue weighted by Crippen LogP contribution is -2.39. The Bertz CT molecular complexity index is 963. The minimum Gasteiger partial charge on any atom is -0.474 e. The molecule has 0 atom stereocenters. The predicted octanol–water partition coefficient (Wildman–Crippen LogP) is 4.02. The highest BCUT2D eigenvalue weighted by Crippen LogP contribution is 2.28. The minimum atomic E-state index is 0.0404. The maximum atomic E-state index is 12.3. The van der Waals surface area contributed by atoms with E-state index in [0.29, 0.717) is 23.8 Å². The standard InChI is InChI=1S/C27H38N4O3/c1-19-28-18-24(33-19)17-26(32)29-22-8-5-20(6-9-22)11-14-31-15-12-21-7-10-27(30-25(21)13-16-31)34-23-3-2-4-23/h7,10,18,20,22-23H,2-6,8-9,11-17H2,1H3,(H,29,32)/t20-,22-. The largest absolute Gasteiger partial charge is 0.474 e. The summed E-state index contributed by atoms with van der Waals surface area (Å²) in [7, 11) is 0. The van der Waals surface area contributed by atoms with Crippen LogP contribution < -0.4 is 10.1 Å². The third kappa shape index (κ3) is 6.17. The van der Waals surface area contributed by atoms with Crippen LogP contribution in [0.3, 0.4) is 0 Å². The van der Waals surface area contributed by atoms with Crippen LogP contribution in [-0.2, 0) is 24.1 Å². The topological polar surface area (TPSA) is 80.5 Å². The fourth-order valence-corrected chi connectivity index (χ4v) is 5.44. The summed E-state index contributed by atoms with van der Waals surface area (Å²) in [4.78, 5) is 23.8. The highest BCUT2D eigenvalue weighted by atomic mass is 16.5. The van der Waals surface area contributed by atoms with Gasteiger partial charge in [0.25, 0.3) is 0 Å². The maximum Gasteiger partial charge on any atom is 0.227 e. The Morgan fingerprint density at radius 1 is 1.15 bits per heavy atom. The van der Waals surface area contributed by atoms with E-state index in [-0.39, 0.29) is 12.3 Å². The van der Waals surface area contributed by atoms with Gasteiger partial charge < -0.3 is 19.4 Å². The molecule has 0 saturated heterocycles. The summed E-state index contributed by atoms with van der Waals surface area (Å²) in [6.45, 7) is 5.15. The molecule has 0 aromatic carbocycles. The molecular weight excluding hydrogens is 428 g/mol. The number of hydrogen-bond donors (Lipinski definition) is 1. The zero-order valence-corrected chi connectivity index (χ0v) is 20.4. The number of fused-ring (bicyclic) bond motifs is 1. The van der Waals surface area contributed by atoms with Gasteiger partial charge in [-0.25, -0.2) is 9.97 Å². The molecule has 2 aliphatic carbocycles. The molecule has 184 valence electrons. The van der Waals surface area contributed by atoms with E-state index in [0.717, 1.165) is 57.1 Å². The number of hydrogen-bond acceptors (Lipinski definition) is 6. The van der Waals surface area contributed by atoms with Gasteiger partial charge in [0, 0.05) is 44.2 Å². The summed E-state index contributed by atoms with van der Waals surface area (Å²) in [5, 5.41) is 3.19. The number of aryl methyl sites for hydroxylation is 1. The van der Waals surface area contributed by atoms with Crippen LogP contribution in [0.1, 0.15) is 74.3 Å². The van der Waals surface area contributed by atoms with Crippen molar-refractivity contribution in [1.82, 2.24) is 20.2 Å². The van der Waals surface area contributed by atoms with Gasteiger partial charge in [-0.15, -0.1) is 0 Å². The van der Waals surface area contributed by atoms with Gasteiger partial charge in [0.05, 0.1) is 12.6 Å². The first-order valence-corrected chi connectivity index (χ1v) is 13.2. The fraction of sp³-hybridized carbons (Fsp3) is 0.667. The molecule has 3 aliphatic rings. The van der Waals surface area contributed by atoms with Crippen LogP contribution in [0.15, 0.2) is 22.7 Å². The molecule has 2 saturated carbocycles. The van der Waals surface area contributed by atoms with Crippen LogP contribution in [0.5, 0.6) is 5.88 Å². The summed E-state index contributed by atoms with van der Waals surface area (Å²) in [5.41, 5.74) is 2.62. The Morgan fingerprint density at radius 2 is 1.97 bits per heavy atom. The van der Waals surface area contributed by atoms with Crippen molar-refractivity contribution in [2.24, 2.45) is 5.92 Å². The number of oxazole rings is 1. The molecule has 2 aromatic heterocycles. The molecule has 34 heavy (non-hydrogen) atoms. The number of nitrogens with one attached hydrogen (secondary N) is 1. The molecule has 3 heterocycles. The first-order valence-electron chi connectivity index (χ1n) is 13.2. The number of rotatable bonds is 8. The predicted molar refractivity (Wildman–Crippen MR) is 130 cm³/mol. The van der Waals surface area contributed by atoms with Crippen molar-refractivity contribution in [3.63, 3.8) is 0 Å². The summed E-state index contributed by atoms with van der Waals surface area (Å²) in [5.74, 6) is 2.86. The molecule has 1 N–H and O–H groups in total. The second-order valence-corrected chi connectivity index (χ2v) is 10.4. The van der Waals surface area contributed by atoms with Crippen molar-refractivity contribution in [1.29, 1.82) is 0 Å². The fourth-order valence-electron chi connectivity index (χ4n) is 5.44. The minimum absolute atomic E-state index is 0.0404. The number of ether oxygens (including phenoxy) is 1. The van der Waals surface area contributed by atoms with Crippen LogP contribution in [0.25, 0.3) is 0 Å². The lowest BCUT2D eigenvalue weighted by atomic mass is 9.84. The number of pyridine rings is 1. The zero-order chi connectivity index (χ0) is 23.3. The average Bonchev–Trinajstić information content (AvgIpc) is 3.10. The van der Waals surface area contributed by atoms with E-state index in [4.69, 9.17) is 14.1 Å². The SMILES string of the molecule is Cc1ncc(CC(=O)N[C@H]2CC[C@H](CCN3CCc4ccc(OC5CCC5)nc4CC3)CC2)o1. The Labute approximate surface area is 202 Å². The quantitative estimate of drug-likeness (QED) is 0.633. The maximum absolute atomic E-state index is 12.3. The van der Waals surface area contributed by atoms with Crippen molar-refractivity contribution in [2.75, 3.05) is 19.6 Å². The Balaban J connectivity index is 1.01. The van der Waals surface area contributed by atoms with Gasteiger partial charge in [-0.05, 0) is 75.8 Å². The number of amides is 1. The molecule has 2 aromatic rings. The second kappa shape index (κ2) is 10.9. The normalized spacial score (nSPS) is 23.6. The van der Waals surface area contributed by atoms with Crippen molar-refractivity contribution in [3.8, 4) is 5.88 Å². The molecule has 0 radical (unpaired) electrons. The van der Waals surface area contributed by atoms with Gasteiger partial charge in [0.2, 0.25) is 11.8 Å². The third-order valence-corrected chi connectivity index (χ3v) is 7.81. The van der Waals surface area contributed by atoms with Gasteiger partial charge in [0.1, 0.15) is 11.9 Å². The zero-order valence-electron chi connectivity index (χ0n) is 20.4. The molecule has 1 amide bonds. The highest BCUT2D eigenvalue weighted by molar-refractivity contribution is 5.78. The Hall–Kier alpha value is -2.41. The van der Waals surface area contributed by atoms with Gasteiger partial charge >= 0.3 is 0 Å². The van der Waals surface area contributed by atoms with Crippen molar-refractivity contribution in [3.05, 3.63) is 41.2 Å². The van der Waals surface area contributed by atoms with E-state index in [1.165, 1.54) is 49.8 Å². The summed E-state index contributed by atoms with van der Waals surface area (Å²) in [6, 6.07) is 4.60. The second-order valence-electron chi connectivity index (χ2n) is 10.4. The van der Waals surface area contributed by atoms with Gasteiger partial charge in [-0.3, -0.25) is 4.79 Å². The van der Waals surface area contributed by atoms with Crippen molar-refractivity contribution >= 4 is 5.91 Å². The molecule has 0 bridgehead atoms. The Morgan fingerprint density at radius 3 is 2.71 bits per heavy atom. The molecule has 2 fully saturated rings. The molecule has 7 heteroatoms. The molecular formula is C27H38N4O3. The van der Waals surface area contributed by atoms with Crippen molar-refractivity contribution < 1.29 is 13.9 Å². The van der Waals surface area contributed by atoms with Crippen LogP contribution >= 0.6 is 0 Å². The lowest BCUT2D eigenvalue weighted by molar-refractivity contribution is -0.121. The number of carbonyl (C=O) groups excluding carboxylic acids is 1. The molecule has 5 rings (SSSR count). The van der Waals surface area contributed by atoms with E-state index in [2.05, 4.69) is 27.3 Å². The Kier molecular flexibility index (Phi) is 7.48.